The summed E-state index contributed by atoms with van der Waals surface area (Å²) in [5.74, 6) is 0.793. The van der Waals surface area contributed by atoms with Gasteiger partial charge in [-0.25, -0.2) is 4.98 Å². The summed E-state index contributed by atoms with van der Waals surface area (Å²) in [6, 6.07) is 11.8. The van der Waals surface area contributed by atoms with Crippen molar-refractivity contribution in [3.05, 3.63) is 47.7 Å². The Labute approximate surface area is 107 Å². The van der Waals surface area contributed by atoms with E-state index in [2.05, 4.69) is 10.3 Å². The Morgan fingerprint density at radius 1 is 1.17 bits per heavy atom. The maximum Gasteiger partial charge on any atom is 0.130 e. The van der Waals surface area contributed by atoms with Gasteiger partial charge in [-0.05, 0) is 36.8 Å². The number of nitrogen functional groups attached to an aromatic ring is 1. The molecule has 2 rings (SSSR count). The van der Waals surface area contributed by atoms with Gasteiger partial charge in [0.15, 0.2) is 0 Å². The van der Waals surface area contributed by atoms with Crippen molar-refractivity contribution in [2.45, 2.75) is 13.5 Å². The van der Waals surface area contributed by atoms with E-state index in [0.717, 1.165) is 22.8 Å². The second-order valence-corrected chi connectivity index (χ2v) is 4.13. The molecule has 1 aromatic carbocycles. The smallest absolute Gasteiger partial charge is 0.130 e. The van der Waals surface area contributed by atoms with Crippen molar-refractivity contribution < 1.29 is 4.74 Å². The van der Waals surface area contributed by atoms with Crippen LogP contribution in [-0.2, 0) is 11.3 Å². The number of hydrogen-bond acceptors (Lipinski definition) is 4. The number of anilines is 3. The Kier molecular flexibility index (Phi) is 3.79. The quantitative estimate of drug-likeness (QED) is 0.866. The van der Waals surface area contributed by atoms with Gasteiger partial charge in [0.1, 0.15) is 5.82 Å². The van der Waals surface area contributed by atoms with Crippen molar-refractivity contribution in [2.24, 2.45) is 0 Å². The van der Waals surface area contributed by atoms with Crippen LogP contribution in [-0.4, -0.2) is 12.1 Å². The first-order chi connectivity index (χ1) is 8.69. The van der Waals surface area contributed by atoms with Gasteiger partial charge in [0, 0.05) is 12.8 Å². The number of methoxy groups -OCH3 is 1. The molecule has 0 spiro atoms. The highest BCUT2D eigenvalue weighted by Gasteiger charge is 1.99. The SMILES string of the molecule is COCc1ccc(Nc2ccc(N)c(C)n2)cc1. The van der Waals surface area contributed by atoms with Crippen molar-refractivity contribution in [3.8, 4) is 0 Å². The Bertz CT molecular complexity index is 523. The van der Waals surface area contributed by atoms with Crippen LogP contribution in [0.15, 0.2) is 36.4 Å². The summed E-state index contributed by atoms with van der Waals surface area (Å²) in [5, 5.41) is 3.23. The number of ether oxygens (including phenoxy) is 1. The number of hydrogen-bond donors (Lipinski definition) is 2. The van der Waals surface area contributed by atoms with Crippen LogP contribution in [0.3, 0.4) is 0 Å². The van der Waals surface area contributed by atoms with Crippen LogP contribution >= 0.6 is 0 Å². The molecule has 2 aromatic rings. The van der Waals surface area contributed by atoms with Gasteiger partial charge >= 0.3 is 0 Å². The van der Waals surface area contributed by atoms with E-state index in [1.807, 2.05) is 43.3 Å². The van der Waals surface area contributed by atoms with Gasteiger partial charge in [-0.2, -0.15) is 0 Å². The number of nitrogens with two attached hydrogens (primary N) is 1. The van der Waals surface area contributed by atoms with Gasteiger partial charge in [-0.3, -0.25) is 0 Å². The minimum Gasteiger partial charge on any atom is -0.397 e. The summed E-state index contributed by atoms with van der Waals surface area (Å²) < 4.78 is 5.07. The number of aryl methyl sites for hydroxylation is 1. The molecule has 0 amide bonds. The van der Waals surface area contributed by atoms with Crippen LogP contribution in [0, 0.1) is 6.92 Å². The molecule has 1 aromatic heterocycles. The molecule has 0 saturated carbocycles. The number of aromatic nitrogens is 1. The maximum atomic E-state index is 5.73. The predicted octanol–water partition coefficient (Wildman–Crippen LogP) is 2.86. The van der Waals surface area contributed by atoms with E-state index < -0.39 is 0 Å². The summed E-state index contributed by atoms with van der Waals surface area (Å²) in [4.78, 5) is 4.37. The molecule has 0 saturated heterocycles. The fraction of sp³-hybridized carbons (Fsp3) is 0.214. The van der Waals surface area contributed by atoms with Crippen LogP contribution in [0.2, 0.25) is 0 Å². The molecule has 0 unspecified atom stereocenters. The molecule has 4 nitrogen and oxygen atoms in total. The Hall–Kier alpha value is -2.07. The summed E-state index contributed by atoms with van der Waals surface area (Å²) in [5.41, 5.74) is 9.40. The lowest BCUT2D eigenvalue weighted by Gasteiger charge is -2.08. The predicted molar refractivity (Wildman–Crippen MR) is 73.8 cm³/mol. The first-order valence-electron chi connectivity index (χ1n) is 5.77. The Morgan fingerprint density at radius 3 is 2.50 bits per heavy atom. The first kappa shape index (κ1) is 12.4. The normalized spacial score (nSPS) is 10.3. The molecule has 94 valence electrons. The van der Waals surface area contributed by atoms with E-state index in [0.29, 0.717) is 12.3 Å². The van der Waals surface area contributed by atoms with E-state index in [9.17, 15) is 0 Å². The second kappa shape index (κ2) is 5.51. The van der Waals surface area contributed by atoms with Gasteiger partial charge < -0.3 is 15.8 Å². The van der Waals surface area contributed by atoms with E-state index in [-0.39, 0.29) is 0 Å². The summed E-state index contributed by atoms with van der Waals surface area (Å²) in [6.07, 6.45) is 0. The van der Waals surface area contributed by atoms with E-state index >= 15 is 0 Å². The van der Waals surface area contributed by atoms with Gasteiger partial charge in [0.25, 0.3) is 0 Å². The number of pyridine rings is 1. The average Bonchev–Trinajstić information content (AvgIpc) is 2.37. The van der Waals surface area contributed by atoms with Crippen molar-refractivity contribution in [3.63, 3.8) is 0 Å². The minimum atomic E-state index is 0.625. The average molecular weight is 243 g/mol. The molecule has 0 radical (unpaired) electrons. The Morgan fingerprint density at radius 2 is 1.89 bits per heavy atom. The number of nitrogens with one attached hydrogen (secondary N) is 1. The zero-order valence-corrected chi connectivity index (χ0v) is 10.6. The lowest BCUT2D eigenvalue weighted by atomic mass is 10.2. The zero-order valence-electron chi connectivity index (χ0n) is 10.6. The first-order valence-corrected chi connectivity index (χ1v) is 5.77. The highest BCUT2D eigenvalue weighted by Crippen LogP contribution is 2.18. The topological polar surface area (TPSA) is 60.2 Å². The summed E-state index contributed by atoms with van der Waals surface area (Å²) in [7, 11) is 1.69. The third kappa shape index (κ3) is 2.99. The molecule has 18 heavy (non-hydrogen) atoms. The largest absolute Gasteiger partial charge is 0.397 e. The fourth-order valence-corrected chi connectivity index (χ4v) is 1.64. The lowest BCUT2D eigenvalue weighted by Crippen LogP contribution is -1.98. The molecule has 0 aliphatic rings. The highest BCUT2D eigenvalue weighted by molar-refractivity contribution is 5.59. The molecule has 0 bridgehead atoms. The number of benzene rings is 1. The van der Waals surface area contributed by atoms with Gasteiger partial charge in [0.2, 0.25) is 0 Å². The highest BCUT2D eigenvalue weighted by atomic mass is 16.5. The third-order valence-electron chi connectivity index (χ3n) is 2.66. The molecular formula is C14H17N3O. The monoisotopic (exact) mass is 243 g/mol. The van der Waals surface area contributed by atoms with Crippen LogP contribution in [0.1, 0.15) is 11.3 Å². The van der Waals surface area contributed by atoms with E-state index in [1.54, 1.807) is 7.11 Å². The van der Waals surface area contributed by atoms with Crippen molar-refractivity contribution >= 4 is 17.2 Å². The summed E-state index contributed by atoms with van der Waals surface area (Å²) in [6.45, 7) is 2.52. The lowest BCUT2D eigenvalue weighted by molar-refractivity contribution is 0.185. The van der Waals surface area contributed by atoms with Gasteiger partial charge in [0.05, 0.1) is 18.0 Å². The fourth-order valence-electron chi connectivity index (χ4n) is 1.64. The minimum absolute atomic E-state index is 0.625. The molecular weight excluding hydrogens is 226 g/mol. The standard InChI is InChI=1S/C14H17N3O/c1-10-13(15)7-8-14(16-10)17-12-5-3-11(4-6-12)9-18-2/h3-8H,9,15H2,1-2H3,(H,16,17). The van der Waals surface area contributed by atoms with Crippen LogP contribution in [0.5, 0.6) is 0 Å². The molecule has 0 atom stereocenters. The molecule has 1 heterocycles. The molecule has 3 N–H and O–H groups in total. The zero-order chi connectivity index (χ0) is 13.0. The van der Waals surface area contributed by atoms with Gasteiger partial charge in [-0.1, -0.05) is 12.1 Å². The molecule has 0 fully saturated rings. The second-order valence-electron chi connectivity index (χ2n) is 4.13. The van der Waals surface area contributed by atoms with Crippen molar-refractivity contribution in [1.29, 1.82) is 0 Å². The van der Waals surface area contributed by atoms with Gasteiger partial charge in [-0.15, -0.1) is 0 Å². The van der Waals surface area contributed by atoms with Crippen LogP contribution in [0.4, 0.5) is 17.2 Å². The summed E-state index contributed by atoms with van der Waals surface area (Å²) >= 11 is 0. The maximum absolute atomic E-state index is 5.73. The van der Waals surface area contributed by atoms with Crippen LogP contribution < -0.4 is 11.1 Å². The molecule has 4 heteroatoms. The third-order valence-corrected chi connectivity index (χ3v) is 2.66. The number of nitrogens with zero attached hydrogens (tertiary/aromatic N) is 1. The Balaban J connectivity index is 2.10. The van der Waals surface area contributed by atoms with Crippen molar-refractivity contribution in [2.75, 3.05) is 18.2 Å². The van der Waals surface area contributed by atoms with Crippen LogP contribution in [0.25, 0.3) is 0 Å². The van der Waals surface area contributed by atoms with E-state index in [1.165, 1.54) is 0 Å². The number of rotatable bonds is 4. The molecule has 0 aliphatic heterocycles. The van der Waals surface area contributed by atoms with E-state index in [4.69, 9.17) is 10.5 Å². The molecule has 0 aliphatic carbocycles. The van der Waals surface area contributed by atoms with Crippen molar-refractivity contribution in [1.82, 2.24) is 4.98 Å².